The molecule has 0 N–H and O–H groups in total. The van der Waals surface area contributed by atoms with Gasteiger partial charge in [-0.25, -0.2) is 8.78 Å². The Morgan fingerprint density at radius 2 is 2.26 bits per heavy atom. The number of hydrogen-bond acceptors (Lipinski definition) is 5. The fourth-order valence-corrected chi connectivity index (χ4v) is 2.64. The van der Waals surface area contributed by atoms with E-state index in [1.54, 1.807) is 13.0 Å². The van der Waals surface area contributed by atoms with Gasteiger partial charge in [-0.3, -0.25) is 9.78 Å². The summed E-state index contributed by atoms with van der Waals surface area (Å²) in [5, 5.41) is 7.62. The van der Waals surface area contributed by atoms with Gasteiger partial charge in [0.15, 0.2) is 0 Å². The number of carbonyl (C=O) groups is 1. The summed E-state index contributed by atoms with van der Waals surface area (Å²) in [7, 11) is 0. The Bertz CT molecular complexity index is 732. The minimum atomic E-state index is -2.98. The van der Waals surface area contributed by atoms with E-state index < -0.39 is 30.8 Å². The van der Waals surface area contributed by atoms with E-state index in [2.05, 4.69) is 15.2 Å². The molecule has 1 aliphatic heterocycles. The van der Waals surface area contributed by atoms with Crippen LogP contribution in [0.5, 0.6) is 0 Å². The average molecular weight is 322 g/mol. The molecule has 1 fully saturated rings. The number of carbonyl (C=O) groups excluding carboxylic acids is 1. The molecule has 0 unspecified atom stereocenters. The molecule has 3 rings (SSSR count). The minimum Gasteiger partial charge on any atom is -0.423 e. The second-order valence-electron chi connectivity index (χ2n) is 5.58. The Hall–Kier alpha value is -2.38. The van der Waals surface area contributed by atoms with Gasteiger partial charge in [-0.2, -0.15) is 0 Å². The summed E-state index contributed by atoms with van der Waals surface area (Å²) in [4.78, 5) is 17.7. The van der Waals surface area contributed by atoms with Crippen LogP contribution in [0, 0.1) is 6.92 Å². The maximum atomic E-state index is 13.9. The summed E-state index contributed by atoms with van der Waals surface area (Å²) >= 11 is 0. The van der Waals surface area contributed by atoms with Crippen LogP contribution in [-0.4, -0.2) is 38.5 Å². The molecule has 0 aliphatic carbocycles. The molecule has 0 radical (unpaired) electrons. The first-order valence-electron chi connectivity index (χ1n) is 7.33. The number of nitrogens with zero attached hydrogens (tertiary/aromatic N) is 4. The molecule has 6 nitrogen and oxygen atoms in total. The number of pyridine rings is 1. The first kappa shape index (κ1) is 15.5. The van der Waals surface area contributed by atoms with Gasteiger partial charge in [0.1, 0.15) is 6.04 Å². The van der Waals surface area contributed by atoms with E-state index in [9.17, 15) is 13.6 Å². The minimum absolute atomic E-state index is 0.0538. The van der Waals surface area contributed by atoms with Gasteiger partial charge in [-0.15, -0.1) is 10.2 Å². The van der Waals surface area contributed by atoms with Crippen molar-refractivity contribution < 1.29 is 18.0 Å². The summed E-state index contributed by atoms with van der Waals surface area (Å²) in [6.07, 6.45) is 1.47. The number of hydrogen-bond donors (Lipinski definition) is 0. The first-order valence-corrected chi connectivity index (χ1v) is 7.33. The molecule has 1 amide bonds. The Labute approximate surface area is 131 Å². The maximum Gasteiger partial charge on any atom is 0.267 e. The summed E-state index contributed by atoms with van der Waals surface area (Å²) in [5.41, 5.74) is 0.958. The zero-order valence-electron chi connectivity index (χ0n) is 12.8. The highest BCUT2D eigenvalue weighted by Gasteiger charge is 2.49. The molecule has 23 heavy (non-hydrogen) atoms. The van der Waals surface area contributed by atoms with Gasteiger partial charge in [-0.05, 0) is 19.1 Å². The molecule has 2 aromatic rings. The van der Waals surface area contributed by atoms with Crippen LogP contribution in [0.15, 0.2) is 22.7 Å². The fourth-order valence-electron chi connectivity index (χ4n) is 2.64. The smallest absolute Gasteiger partial charge is 0.267 e. The monoisotopic (exact) mass is 322 g/mol. The van der Waals surface area contributed by atoms with Crippen molar-refractivity contribution in [1.82, 2.24) is 20.1 Å². The van der Waals surface area contributed by atoms with Crippen LogP contribution >= 0.6 is 0 Å². The van der Waals surface area contributed by atoms with Crippen molar-refractivity contribution >= 4 is 5.91 Å². The van der Waals surface area contributed by atoms with E-state index in [-0.39, 0.29) is 5.89 Å². The van der Waals surface area contributed by atoms with Crippen LogP contribution < -0.4 is 0 Å². The highest BCUT2D eigenvalue weighted by molar-refractivity contribution is 5.94. The molecule has 2 aromatic heterocycles. The molecule has 1 aliphatic rings. The summed E-state index contributed by atoms with van der Waals surface area (Å²) in [6.45, 7) is 2.89. The number of aromatic nitrogens is 3. The van der Waals surface area contributed by atoms with Gasteiger partial charge in [-0.1, -0.05) is 6.92 Å². The van der Waals surface area contributed by atoms with Gasteiger partial charge >= 0.3 is 0 Å². The Morgan fingerprint density at radius 1 is 1.48 bits per heavy atom. The Morgan fingerprint density at radius 3 is 2.91 bits per heavy atom. The number of alkyl halides is 2. The number of rotatable bonds is 3. The lowest BCUT2D eigenvalue weighted by atomic mass is 10.1. The van der Waals surface area contributed by atoms with Crippen molar-refractivity contribution in [3.8, 4) is 0 Å². The number of likely N-dealkylation sites (tertiary alicyclic amines) is 1. The topological polar surface area (TPSA) is 72.1 Å². The Balaban J connectivity index is 1.93. The standard InChI is InChI=1S/C15H16F2N4O2/c1-3-12-19-20-13(23-12)11-7-15(16,17)8-21(11)14(22)10-4-5-18-9(2)6-10/h4-6,11H,3,7-8H2,1-2H3/t11-/m0/s1. The zero-order valence-corrected chi connectivity index (χ0v) is 12.8. The lowest BCUT2D eigenvalue weighted by Gasteiger charge is -2.21. The molecule has 0 saturated carbocycles. The molecular weight excluding hydrogens is 306 g/mol. The van der Waals surface area contributed by atoms with Crippen molar-refractivity contribution in [1.29, 1.82) is 0 Å². The van der Waals surface area contributed by atoms with Crippen LogP contribution in [0.4, 0.5) is 8.78 Å². The van der Waals surface area contributed by atoms with Gasteiger partial charge in [0.05, 0.1) is 6.54 Å². The lowest BCUT2D eigenvalue weighted by Crippen LogP contribution is -2.33. The van der Waals surface area contributed by atoms with Crippen LogP contribution in [-0.2, 0) is 6.42 Å². The van der Waals surface area contributed by atoms with E-state index in [1.165, 1.54) is 12.3 Å². The van der Waals surface area contributed by atoms with Crippen molar-refractivity contribution in [2.24, 2.45) is 0 Å². The van der Waals surface area contributed by atoms with E-state index in [1.807, 2.05) is 6.92 Å². The first-order chi connectivity index (χ1) is 10.9. The zero-order chi connectivity index (χ0) is 16.6. The fraction of sp³-hybridized carbons (Fsp3) is 0.467. The maximum absolute atomic E-state index is 13.9. The van der Waals surface area contributed by atoms with Crippen molar-refractivity contribution in [2.75, 3.05) is 6.54 Å². The average Bonchev–Trinajstić information content (AvgIpc) is 3.10. The van der Waals surface area contributed by atoms with Crippen LogP contribution in [0.2, 0.25) is 0 Å². The van der Waals surface area contributed by atoms with Crippen LogP contribution in [0.1, 0.15) is 47.2 Å². The third-order valence-electron chi connectivity index (χ3n) is 3.74. The van der Waals surface area contributed by atoms with Gasteiger partial charge in [0, 0.05) is 30.3 Å². The second-order valence-corrected chi connectivity index (χ2v) is 5.58. The molecule has 0 aromatic carbocycles. The quantitative estimate of drug-likeness (QED) is 0.868. The van der Waals surface area contributed by atoms with Gasteiger partial charge in [0.25, 0.3) is 11.8 Å². The molecule has 8 heteroatoms. The highest BCUT2D eigenvalue weighted by atomic mass is 19.3. The van der Waals surface area contributed by atoms with E-state index >= 15 is 0 Å². The summed E-state index contributed by atoms with van der Waals surface area (Å²) in [6, 6.07) is 2.16. The molecule has 0 spiro atoms. The van der Waals surface area contributed by atoms with Crippen LogP contribution in [0.25, 0.3) is 0 Å². The Kier molecular flexibility index (Phi) is 3.83. The molecular formula is C15H16F2N4O2. The molecule has 1 saturated heterocycles. The number of halogens is 2. The number of aryl methyl sites for hydroxylation is 2. The molecule has 0 bridgehead atoms. The lowest BCUT2D eigenvalue weighted by molar-refractivity contribution is 0.0117. The van der Waals surface area contributed by atoms with E-state index in [4.69, 9.17) is 4.42 Å². The van der Waals surface area contributed by atoms with E-state index in [0.29, 0.717) is 23.6 Å². The second kappa shape index (κ2) is 5.68. The van der Waals surface area contributed by atoms with E-state index in [0.717, 1.165) is 4.90 Å². The molecule has 3 heterocycles. The van der Waals surface area contributed by atoms with Crippen molar-refractivity contribution in [2.45, 2.75) is 38.7 Å². The van der Waals surface area contributed by atoms with Gasteiger partial charge in [0.2, 0.25) is 11.8 Å². The summed E-state index contributed by atoms with van der Waals surface area (Å²) in [5.74, 6) is -3.06. The predicted molar refractivity (Wildman–Crippen MR) is 76.0 cm³/mol. The van der Waals surface area contributed by atoms with Crippen molar-refractivity contribution in [3.05, 3.63) is 41.4 Å². The van der Waals surface area contributed by atoms with Crippen molar-refractivity contribution in [3.63, 3.8) is 0 Å². The van der Waals surface area contributed by atoms with Crippen LogP contribution in [0.3, 0.4) is 0 Å². The highest BCUT2D eigenvalue weighted by Crippen LogP contribution is 2.41. The summed E-state index contributed by atoms with van der Waals surface area (Å²) < 4.78 is 33.1. The number of amides is 1. The molecule has 122 valence electrons. The largest absolute Gasteiger partial charge is 0.423 e. The predicted octanol–water partition coefficient (Wildman–Crippen LogP) is 2.56. The van der Waals surface area contributed by atoms with Gasteiger partial charge < -0.3 is 9.32 Å². The third-order valence-corrected chi connectivity index (χ3v) is 3.74. The molecule has 1 atom stereocenters. The third kappa shape index (κ3) is 3.06. The normalized spacial score (nSPS) is 20.0. The SMILES string of the molecule is CCc1nnc([C@@H]2CC(F)(F)CN2C(=O)c2ccnc(C)c2)o1.